The van der Waals surface area contributed by atoms with E-state index >= 15 is 0 Å². The summed E-state index contributed by atoms with van der Waals surface area (Å²) in [6, 6.07) is 57.9. The third-order valence-electron chi connectivity index (χ3n) is 9.17. The summed E-state index contributed by atoms with van der Waals surface area (Å²) < 4.78 is 0. The molecule has 2 heterocycles. The molecule has 0 spiro atoms. The average molecular weight is 612 g/mol. The first-order chi connectivity index (χ1) is 23.8. The Morgan fingerprint density at radius 2 is 0.958 bits per heavy atom. The van der Waals surface area contributed by atoms with E-state index in [1.54, 1.807) is 0 Å². The summed E-state index contributed by atoms with van der Waals surface area (Å²) in [5.41, 5.74) is 9.47. The Labute approximate surface area is 278 Å². The number of hydrogen-bond acceptors (Lipinski definition) is 3. The van der Waals surface area contributed by atoms with E-state index in [9.17, 15) is 0 Å². The van der Waals surface area contributed by atoms with Crippen LogP contribution in [0.15, 0.2) is 176 Å². The first-order valence-corrected chi connectivity index (χ1v) is 16.2. The van der Waals surface area contributed by atoms with Crippen molar-refractivity contribution in [3.8, 4) is 56.2 Å². The average Bonchev–Trinajstić information content (AvgIpc) is 3.18. The van der Waals surface area contributed by atoms with E-state index in [1.165, 1.54) is 43.4 Å². The highest BCUT2D eigenvalue weighted by atomic mass is 14.9. The van der Waals surface area contributed by atoms with Crippen molar-refractivity contribution in [3.63, 3.8) is 0 Å². The highest BCUT2D eigenvalue weighted by molar-refractivity contribution is 6.23. The summed E-state index contributed by atoms with van der Waals surface area (Å²) in [6.45, 7) is 0. The van der Waals surface area contributed by atoms with Gasteiger partial charge in [-0.25, -0.2) is 9.97 Å². The van der Waals surface area contributed by atoms with Crippen molar-refractivity contribution in [1.29, 1.82) is 0 Å². The molecule has 9 rings (SSSR count). The smallest absolute Gasteiger partial charge is 0.160 e. The Morgan fingerprint density at radius 3 is 1.77 bits per heavy atom. The predicted molar refractivity (Wildman–Crippen MR) is 200 cm³/mol. The molecule has 3 heteroatoms. The lowest BCUT2D eigenvalue weighted by atomic mass is 9.90. The molecule has 0 N–H and O–H groups in total. The molecule has 0 saturated carbocycles. The number of hydrogen-bond donors (Lipinski definition) is 0. The monoisotopic (exact) mass is 611 g/mol. The van der Waals surface area contributed by atoms with E-state index in [2.05, 4.69) is 138 Å². The standard InChI is InChI=1S/C45H29N3/c1-2-10-34(11-3-1)45-47-42(29-43(48-45)36-13-8-12-35(27-36)30-23-25-46-26-24-30)33-20-17-32(18-21-33)41-28-37-22-19-31-9-4-5-14-38(31)44(37)40-16-7-6-15-39(40)41/h1-29H. The third-order valence-corrected chi connectivity index (χ3v) is 9.17. The van der Waals surface area contributed by atoms with Gasteiger partial charge >= 0.3 is 0 Å². The fourth-order valence-corrected chi connectivity index (χ4v) is 6.80. The largest absolute Gasteiger partial charge is 0.265 e. The molecule has 0 saturated heterocycles. The van der Waals surface area contributed by atoms with Crippen LogP contribution >= 0.6 is 0 Å². The molecule has 0 aliphatic rings. The summed E-state index contributed by atoms with van der Waals surface area (Å²) in [7, 11) is 0. The lowest BCUT2D eigenvalue weighted by molar-refractivity contribution is 1.18. The lowest BCUT2D eigenvalue weighted by Crippen LogP contribution is -1.96. The molecule has 9 aromatic rings. The minimum absolute atomic E-state index is 0.703. The molecule has 0 unspecified atom stereocenters. The van der Waals surface area contributed by atoms with Gasteiger partial charge in [0.25, 0.3) is 0 Å². The second-order valence-corrected chi connectivity index (χ2v) is 12.1. The maximum atomic E-state index is 5.08. The number of benzene rings is 7. The number of fused-ring (bicyclic) bond motifs is 5. The zero-order valence-electron chi connectivity index (χ0n) is 26.1. The second-order valence-electron chi connectivity index (χ2n) is 12.1. The molecule has 48 heavy (non-hydrogen) atoms. The number of aromatic nitrogens is 3. The van der Waals surface area contributed by atoms with Crippen molar-refractivity contribution in [2.45, 2.75) is 0 Å². The SMILES string of the molecule is c1ccc(-c2nc(-c3ccc(-c4cc5ccc6ccccc6c5c5ccccc45)cc3)cc(-c3cccc(-c4ccncc4)c3)n2)cc1. The fraction of sp³-hybridized carbons (Fsp3) is 0. The molecule has 224 valence electrons. The highest BCUT2D eigenvalue weighted by Crippen LogP contribution is 2.39. The third kappa shape index (κ3) is 4.99. The van der Waals surface area contributed by atoms with Gasteiger partial charge in [0.15, 0.2) is 5.82 Å². The minimum atomic E-state index is 0.703. The van der Waals surface area contributed by atoms with E-state index < -0.39 is 0 Å². The van der Waals surface area contributed by atoms with Crippen LogP contribution in [-0.2, 0) is 0 Å². The van der Waals surface area contributed by atoms with Gasteiger partial charge in [0.1, 0.15) is 0 Å². The Hall–Kier alpha value is -6.45. The van der Waals surface area contributed by atoms with E-state index in [4.69, 9.17) is 9.97 Å². The fourth-order valence-electron chi connectivity index (χ4n) is 6.80. The molecule has 0 atom stereocenters. The van der Waals surface area contributed by atoms with Gasteiger partial charge in [-0.2, -0.15) is 0 Å². The molecule has 0 aliphatic heterocycles. The molecule has 0 radical (unpaired) electrons. The van der Waals surface area contributed by atoms with E-state index in [0.717, 1.165) is 39.2 Å². The molecule has 0 aliphatic carbocycles. The topological polar surface area (TPSA) is 38.7 Å². The van der Waals surface area contributed by atoms with Crippen LogP contribution in [-0.4, -0.2) is 15.0 Å². The Morgan fingerprint density at radius 1 is 0.333 bits per heavy atom. The Kier molecular flexibility index (Phi) is 6.80. The van der Waals surface area contributed by atoms with Gasteiger partial charge in [-0.3, -0.25) is 4.98 Å². The van der Waals surface area contributed by atoms with Gasteiger partial charge in [-0.1, -0.05) is 133 Å². The predicted octanol–water partition coefficient (Wildman–Crippen LogP) is 11.7. The van der Waals surface area contributed by atoms with Crippen molar-refractivity contribution in [3.05, 3.63) is 176 Å². The van der Waals surface area contributed by atoms with E-state index in [1.807, 2.05) is 42.7 Å². The molecule has 0 amide bonds. The van der Waals surface area contributed by atoms with Crippen LogP contribution in [0.3, 0.4) is 0 Å². The number of nitrogens with zero attached hydrogens (tertiary/aromatic N) is 3. The van der Waals surface area contributed by atoms with Crippen molar-refractivity contribution >= 4 is 32.3 Å². The van der Waals surface area contributed by atoms with Gasteiger partial charge in [0.2, 0.25) is 0 Å². The molecule has 0 bridgehead atoms. The molecular weight excluding hydrogens is 583 g/mol. The lowest BCUT2D eigenvalue weighted by Gasteiger charge is -2.14. The zero-order valence-corrected chi connectivity index (χ0v) is 26.1. The highest BCUT2D eigenvalue weighted by Gasteiger charge is 2.14. The molecule has 7 aromatic carbocycles. The summed E-state index contributed by atoms with van der Waals surface area (Å²) in [4.78, 5) is 14.3. The van der Waals surface area contributed by atoms with Crippen molar-refractivity contribution in [1.82, 2.24) is 15.0 Å². The van der Waals surface area contributed by atoms with Crippen LogP contribution in [0.4, 0.5) is 0 Å². The normalized spacial score (nSPS) is 11.3. The number of rotatable bonds is 5. The van der Waals surface area contributed by atoms with Gasteiger partial charge < -0.3 is 0 Å². The van der Waals surface area contributed by atoms with Gasteiger partial charge in [-0.15, -0.1) is 0 Å². The summed E-state index contributed by atoms with van der Waals surface area (Å²) in [5, 5.41) is 7.61. The van der Waals surface area contributed by atoms with Gasteiger partial charge in [0.05, 0.1) is 11.4 Å². The van der Waals surface area contributed by atoms with Crippen LogP contribution in [0.2, 0.25) is 0 Å². The van der Waals surface area contributed by atoms with E-state index in [-0.39, 0.29) is 0 Å². The molecule has 3 nitrogen and oxygen atoms in total. The van der Waals surface area contributed by atoms with Crippen LogP contribution in [0, 0.1) is 0 Å². The Bertz CT molecular complexity index is 2590. The minimum Gasteiger partial charge on any atom is -0.265 e. The Balaban J connectivity index is 1.16. The number of pyridine rings is 1. The maximum absolute atomic E-state index is 5.08. The van der Waals surface area contributed by atoms with Gasteiger partial charge in [0, 0.05) is 29.1 Å². The van der Waals surface area contributed by atoms with Crippen LogP contribution in [0.1, 0.15) is 0 Å². The second kappa shape index (κ2) is 11.7. The first-order valence-electron chi connectivity index (χ1n) is 16.2. The van der Waals surface area contributed by atoms with Crippen LogP contribution < -0.4 is 0 Å². The molecule has 2 aromatic heterocycles. The summed E-state index contributed by atoms with van der Waals surface area (Å²) >= 11 is 0. The van der Waals surface area contributed by atoms with Crippen molar-refractivity contribution in [2.24, 2.45) is 0 Å². The summed E-state index contributed by atoms with van der Waals surface area (Å²) in [6.07, 6.45) is 3.65. The van der Waals surface area contributed by atoms with E-state index in [0.29, 0.717) is 5.82 Å². The first kappa shape index (κ1) is 27.8. The van der Waals surface area contributed by atoms with Gasteiger partial charge in [-0.05, 0) is 84.9 Å². The summed E-state index contributed by atoms with van der Waals surface area (Å²) in [5.74, 6) is 0.703. The van der Waals surface area contributed by atoms with Crippen molar-refractivity contribution < 1.29 is 0 Å². The molecule has 0 fully saturated rings. The maximum Gasteiger partial charge on any atom is 0.160 e. The van der Waals surface area contributed by atoms with Crippen LogP contribution in [0.25, 0.3) is 88.5 Å². The van der Waals surface area contributed by atoms with Crippen LogP contribution in [0.5, 0.6) is 0 Å². The van der Waals surface area contributed by atoms with Crippen molar-refractivity contribution in [2.75, 3.05) is 0 Å². The quantitative estimate of drug-likeness (QED) is 0.182. The zero-order chi connectivity index (χ0) is 31.9. The molecular formula is C45H29N3.